The zero-order valence-corrected chi connectivity index (χ0v) is 12.5. The second kappa shape index (κ2) is 6.42. The zero-order chi connectivity index (χ0) is 14.5. The highest BCUT2D eigenvalue weighted by molar-refractivity contribution is 9.10. The fourth-order valence-corrected chi connectivity index (χ4v) is 2.29. The highest BCUT2D eigenvalue weighted by Gasteiger charge is 2.06. The number of urea groups is 1. The van der Waals surface area contributed by atoms with Gasteiger partial charge in [-0.3, -0.25) is 0 Å². The van der Waals surface area contributed by atoms with Gasteiger partial charge in [-0.1, -0.05) is 11.6 Å². The number of carbonyl (C=O) groups excluding carboxylic acids is 1. The Labute approximate surface area is 129 Å². The monoisotopic (exact) mass is 349 g/mol. The van der Waals surface area contributed by atoms with Crippen LogP contribution >= 0.6 is 27.5 Å². The third kappa shape index (κ3) is 3.73. The molecule has 0 saturated heterocycles. The first-order valence-electron chi connectivity index (χ1n) is 5.62. The van der Waals surface area contributed by atoms with Crippen molar-refractivity contribution in [2.24, 2.45) is 0 Å². The number of benzene rings is 2. The van der Waals surface area contributed by atoms with E-state index in [1.165, 1.54) is 0 Å². The van der Waals surface area contributed by atoms with Gasteiger partial charge in [-0.25, -0.2) is 4.79 Å². The molecule has 0 unspecified atom stereocenters. The molecular formula is C14H9BrClN3O. The largest absolute Gasteiger partial charge is 0.323 e. The van der Waals surface area contributed by atoms with Crippen LogP contribution in [0.4, 0.5) is 16.2 Å². The Bertz CT molecular complexity index is 680. The SMILES string of the molecule is N#Cc1ccc(NC(=O)Nc2ccc(Cl)cc2Br)cc1. The van der Waals surface area contributed by atoms with E-state index in [9.17, 15) is 4.79 Å². The first kappa shape index (κ1) is 14.4. The molecule has 0 spiro atoms. The maximum atomic E-state index is 11.8. The lowest BCUT2D eigenvalue weighted by atomic mass is 10.2. The van der Waals surface area contributed by atoms with Crippen molar-refractivity contribution in [1.82, 2.24) is 0 Å². The lowest BCUT2D eigenvalue weighted by Gasteiger charge is -2.09. The van der Waals surface area contributed by atoms with E-state index in [0.717, 1.165) is 0 Å². The Hall–Kier alpha value is -2.03. The molecule has 2 N–H and O–H groups in total. The molecule has 2 aromatic rings. The third-order valence-electron chi connectivity index (χ3n) is 2.45. The minimum absolute atomic E-state index is 0.377. The molecule has 100 valence electrons. The van der Waals surface area contributed by atoms with E-state index in [4.69, 9.17) is 16.9 Å². The topological polar surface area (TPSA) is 64.9 Å². The first-order chi connectivity index (χ1) is 9.58. The molecule has 0 aliphatic heterocycles. The summed E-state index contributed by atoms with van der Waals surface area (Å²) in [5.74, 6) is 0. The van der Waals surface area contributed by atoms with E-state index in [1.54, 1.807) is 42.5 Å². The van der Waals surface area contributed by atoms with Crippen LogP contribution in [0.1, 0.15) is 5.56 Å². The maximum Gasteiger partial charge on any atom is 0.323 e. The summed E-state index contributed by atoms with van der Waals surface area (Å²) in [6, 6.07) is 13.3. The van der Waals surface area contributed by atoms with Crippen molar-refractivity contribution in [3.63, 3.8) is 0 Å². The Morgan fingerprint density at radius 1 is 1.15 bits per heavy atom. The van der Waals surface area contributed by atoms with Crippen LogP contribution in [-0.2, 0) is 0 Å². The second-order valence-electron chi connectivity index (χ2n) is 3.89. The standard InChI is InChI=1S/C14H9BrClN3O/c15-12-7-10(16)3-6-13(12)19-14(20)18-11-4-1-9(8-17)2-5-11/h1-7H,(H2,18,19,20). The van der Waals surface area contributed by atoms with Gasteiger partial charge in [0.2, 0.25) is 0 Å². The number of nitrogens with zero attached hydrogens (tertiary/aromatic N) is 1. The molecule has 0 aromatic heterocycles. The highest BCUT2D eigenvalue weighted by Crippen LogP contribution is 2.26. The van der Waals surface area contributed by atoms with E-state index < -0.39 is 0 Å². The number of anilines is 2. The number of halogens is 2. The zero-order valence-electron chi connectivity index (χ0n) is 10.2. The first-order valence-corrected chi connectivity index (χ1v) is 6.79. The molecule has 20 heavy (non-hydrogen) atoms. The van der Waals surface area contributed by atoms with Gasteiger partial charge in [0.1, 0.15) is 0 Å². The average Bonchev–Trinajstić information content (AvgIpc) is 2.43. The van der Waals surface area contributed by atoms with E-state index >= 15 is 0 Å². The van der Waals surface area contributed by atoms with Crippen molar-refractivity contribution in [3.05, 3.63) is 57.5 Å². The van der Waals surface area contributed by atoms with Crippen molar-refractivity contribution in [3.8, 4) is 6.07 Å². The van der Waals surface area contributed by atoms with Gasteiger partial charge in [-0.15, -0.1) is 0 Å². The maximum absolute atomic E-state index is 11.8. The van der Waals surface area contributed by atoms with Gasteiger partial charge in [0, 0.05) is 15.2 Å². The number of hydrogen-bond acceptors (Lipinski definition) is 2. The lowest BCUT2D eigenvalue weighted by molar-refractivity contribution is 0.262. The van der Waals surface area contributed by atoms with Gasteiger partial charge in [0.25, 0.3) is 0 Å². The minimum Gasteiger partial charge on any atom is -0.308 e. The van der Waals surface area contributed by atoms with Gasteiger partial charge < -0.3 is 10.6 Å². The molecule has 0 heterocycles. The summed E-state index contributed by atoms with van der Waals surface area (Å²) < 4.78 is 0.694. The lowest BCUT2D eigenvalue weighted by Crippen LogP contribution is -2.19. The summed E-state index contributed by atoms with van der Waals surface area (Å²) >= 11 is 9.14. The van der Waals surface area contributed by atoms with E-state index in [2.05, 4.69) is 26.6 Å². The van der Waals surface area contributed by atoms with Gasteiger partial charge in [-0.05, 0) is 58.4 Å². The number of nitrogens with one attached hydrogen (secondary N) is 2. The van der Waals surface area contributed by atoms with E-state index in [-0.39, 0.29) is 6.03 Å². The Morgan fingerprint density at radius 3 is 2.45 bits per heavy atom. The normalized spacial score (nSPS) is 9.65. The highest BCUT2D eigenvalue weighted by atomic mass is 79.9. The van der Waals surface area contributed by atoms with Crippen LogP contribution in [0.2, 0.25) is 5.02 Å². The van der Waals surface area contributed by atoms with Crippen molar-refractivity contribution in [2.75, 3.05) is 10.6 Å². The Morgan fingerprint density at radius 2 is 1.85 bits per heavy atom. The fraction of sp³-hybridized carbons (Fsp3) is 0. The molecule has 0 fully saturated rings. The fourth-order valence-electron chi connectivity index (χ4n) is 1.50. The molecule has 2 amide bonds. The van der Waals surface area contributed by atoms with Crippen LogP contribution in [0.25, 0.3) is 0 Å². The molecule has 4 nitrogen and oxygen atoms in total. The van der Waals surface area contributed by atoms with Crippen LogP contribution < -0.4 is 10.6 Å². The molecule has 0 aliphatic rings. The Balaban J connectivity index is 2.03. The molecule has 0 aliphatic carbocycles. The molecule has 2 aromatic carbocycles. The Kier molecular flexibility index (Phi) is 4.61. The number of rotatable bonds is 2. The summed E-state index contributed by atoms with van der Waals surface area (Å²) in [5.41, 5.74) is 1.75. The van der Waals surface area contributed by atoms with Gasteiger partial charge in [0.05, 0.1) is 17.3 Å². The number of hydrogen-bond donors (Lipinski definition) is 2. The minimum atomic E-state index is -0.377. The smallest absolute Gasteiger partial charge is 0.308 e. The summed E-state index contributed by atoms with van der Waals surface area (Å²) in [6.07, 6.45) is 0. The number of amides is 2. The van der Waals surface area contributed by atoms with Crippen molar-refractivity contribution >= 4 is 44.9 Å². The quantitative estimate of drug-likeness (QED) is 0.830. The summed E-state index contributed by atoms with van der Waals surface area (Å²) in [5, 5.41) is 14.6. The van der Waals surface area contributed by atoms with Crippen LogP contribution in [0, 0.1) is 11.3 Å². The predicted octanol–water partition coefficient (Wildman–Crippen LogP) is 4.62. The summed E-state index contributed by atoms with van der Waals surface area (Å²) in [6.45, 7) is 0. The van der Waals surface area contributed by atoms with E-state index in [1.807, 2.05) is 6.07 Å². The summed E-state index contributed by atoms with van der Waals surface area (Å²) in [7, 11) is 0. The van der Waals surface area contributed by atoms with Crippen molar-refractivity contribution in [1.29, 1.82) is 5.26 Å². The van der Waals surface area contributed by atoms with Gasteiger partial charge in [0.15, 0.2) is 0 Å². The van der Waals surface area contributed by atoms with Crippen LogP contribution in [0.3, 0.4) is 0 Å². The molecule has 0 radical (unpaired) electrons. The van der Waals surface area contributed by atoms with Crippen molar-refractivity contribution in [2.45, 2.75) is 0 Å². The van der Waals surface area contributed by atoms with Crippen LogP contribution in [-0.4, -0.2) is 6.03 Å². The van der Waals surface area contributed by atoms with Gasteiger partial charge >= 0.3 is 6.03 Å². The third-order valence-corrected chi connectivity index (χ3v) is 3.34. The van der Waals surface area contributed by atoms with E-state index in [0.29, 0.717) is 26.4 Å². The summed E-state index contributed by atoms with van der Waals surface area (Å²) in [4.78, 5) is 11.8. The average molecular weight is 351 g/mol. The molecule has 0 atom stereocenters. The molecule has 0 saturated carbocycles. The number of carbonyl (C=O) groups is 1. The van der Waals surface area contributed by atoms with Gasteiger partial charge in [-0.2, -0.15) is 5.26 Å². The molecule has 6 heteroatoms. The van der Waals surface area contributed by atoms with Crippen molar-refractivity contribution < 1.29 is 4.79 Å². The second-order valence-corrected chi connectivity index (χ2v) is 5.18. The van der Waals surface area contributed by atoms with Crippen LogP contribution in [0.5, 0.6) is 0 Å². The molecular weight excluding hydrogens is 342 g/mol. The predicted molar refractivity (Wildman–Crippen MR) is 83.0 cm³/mol. The molecule has 2 rings (SSSR count). The van der Waals surface area contributed by atoms with Crippen LogP contribution in [0.15, 0.2) is 46.9 Å². The number of nitriles is 1. The molecule has 0 bridgehead atoms.